The Hall–Kier alpha value is -1.55. The lowest BCUT2D eigenvalue weighted by Crippen LogP contribution is -2.40. The monoisotopic (exact) mass is 332 g/mol. The molecule has 1 aliphatic rings. The second-order valence-corrected chi connectivity index (χ2v) is 7.02. The lowest BCUT2D eigenvalue weighted by Gasteiger charge is -2.23. The van der Waals surface area contributed by atoms with E-state index in [1.54, 1.807) is 0 Å². The topological polar surface area (TPSA) is 50.4 Å². The molecular formula is C20H32N2O2. The van der Waals surface area contributed by atoms with E-state index in [9.17, 15) is 4.79 Å². The van der Waals surface area contributed by atoms with Gasteiger partial charge in [-0.05, 0) is 30.7 Å². The minimum atomic E-state index is -0.102. The van der Waals surface area contributed by atoms with Crippen LogP contribution in [0.2, 0.25) is 0 Å². The van der Waals surface area contributed by atoms with E-state index < -0.39 is 0 Å². The van der Waals surface area contributed by atoms with Gasteiger partial charge in [0.05, 0.1) is 12.1 Å². The predicted octanol–water partition coefficient (Wildman–Crippen LogP) is 4.42. The molecule has 4 heteroatoms. The largest absolute Gasteiger partial charge is 0.378 e. The molecule has 1 saturated carbocycles. The molecule has 1 atom stereocenters. The molecule has 4 nitrogen and oxygen atoms in total. The third-order valence-electron chi connectivity index (χ3n) is 4.62. The van der Waals surface area contributed by atoms with Crippen LogP contribution in [0, 0.1) is 5.92 Å². The molecular weight excluding hydrogens is 300 g/mol. The van der Waals surface area contributed by atoms with Gasteiger partial charge in [-0.1, -0.05) is 63.4 Å². The van der Waals surface area contributed by atoms with Crippen molar-refractivity contribution in [1.29, 1.82) is 0 Å². The third kappa shape index (κ3) is 6.52. The summed E-state index contributed by atoms with van der Waals surface area (Å²) in [5.74, 6) is 0.341. The SMILES string of the molecule is CC(C)C(NC(=O)NCCCOC1CCCCC1)c1ccccc1. The summed E-state index contributed by atoms with van der Waals surface area (Å²) in [7, 11) is 0. The quantitative estimate of drug-likeness (QED) is 0.692. The van der Waals surface area contributed by atoms with Gasteiger partial charge in [0.15, 0.2) is 0 Å². The number of carbonyl (C=O) groups is 1. The van der Waals surface area contributed by atoms with Crippen LogP contribution >= 0.6 is 0 Å². The summed E-state index contributed by atoms with van der Waals surface area (Å²) in [5, 5.41) is 6.03. The van der Waals surface area contributed by atoms with Crippen molar-refractivity contribution in [2.24, 2.45) is 5.92 Å². The normalized spacial score (nSPS) is 16.8. The number of amides is 2. The van der Waals surface area contributed by atoms with Crippen molar-refractivity contribution in [1.82, 2.24) is 10.6 Å². The van der Waals surface area contributed by atoms with E-state index in [4.69, 9.17) is 4.74 Å². The minimum absolute atomic E-state index is 0.0321. The molecule has 1 aliphatic carbocycles. The number of hydrogen-bond donors (Lipinski definition) is 2. The molecule has 0 spiro atoms. The van der Waals surface area contributed by atoms with Crippen LogP contribution < -0.4 is 10.6 Å². The fraction of sp³-hybridized carbons (Fsp3) is 0.650. The number of urea groups is 1. The van der Waals surface area contributed by atoms with Gasteiger partial charge in [-0.3, -0.25) is 0 Å². The van der Waals surface area contributed by atoms with Gasteiger partial charge in [-0.25, -0.2) is 4.79 Å². The molecule has 1 unspecified atom stereocenters. The molecule has 2 N–H and O–H groups in total. The summed E-state index contributed by atoms with van der Waals surface area (Å²) in [6.07, 6.45) is 7.63. The fourth-order valence-electron chi connectivity index (χ4n) is 3.24. The molecule has 0 aliphatic heterocycles. The van der Waals surface area contributed by atoms with Crippen LogP contribution in [0.25, 0.3) is 0 Å². The molecule has 0 aromatic heterocycles. The first kappa shape index (κ1) is 18.8. The first-order valence-corrected chi connectivity index (χ1v) is 9.37. The van der Waals surface area contributed by atoms with Gasteiger partial charge >= 0.3 is 6.03 Å². The standard InChI is InChI=1S/C20H32N2O2/c1-16(2)19(17-10-5-3-6-11-17)22-20(23)21-14-9-15-24-18-12-7-4-8-13-18/h3,5-6,10-11,16,18-19H,4,7-9,12-15H2,1-2H3,(H2,21,22,23). The van der Waals surface area contributed by atoms with Gasteiger partial charge in [0.1, 0.15) is 0 Å². The van der Waals surface area contributed by atoms with Crippen LogP contribution in [-0.2, 0) is 4.74 Å². The molecule has 24 heavy (non-hydrogen) atoms. The maximum atomic E-state index is 12.1. The van der Waals surface area contributed by atoms with E-state index in [2.05, 4.69) is 36.6 Å². The highest BCUT2D eigenvalue weighted by molar-refractivity contribution is 5.74. The van der Waals surface area contributed by atoms with Crippen molar-refractivity contribution < 1.29 is 9.53 Å². The zero-order valence-electron chi connectivity index (χ0n) is 15.1. The summed E-state index contributed by atoms with van der Waals surface area (Å²) in [6, 6.07) is 10.1. The van der Waals surface area contributed by atoms with Crippen molar-refractivity contribution in [3.8, 4) is 0 Å². The Kier molecular flexibility index (Phi) is 8.10. The molecule has 1 aromatic carbocycles. The molecule has 0 saturated heterocycles. The third-order valence-corrected chi connectivity index (χ3v) is 4.62. The Morgan fingerprint density at radius 3 is 2.54 bits per heavy atom. The molecule has 134 valence electrons. The highest BCUT2D eigenvalue weighted by atomic mass is 16.5. The zero-order valence-corrected chi connectivity index (χ0v) is 15.1. The average molecular weight is 332 g/mol. The van der Waals surface area contributed by atoms with Crippen LogP contribution in [0.1, 0.15) is 64.0 Å². The number of rotatable bonds is 8. The Bertz CT molecular complexity index is 470. The molecule has 2 amide bonds. The first-order valence-electron chi connectivity index (χ1n) is 9.37. The smallest absolute Gasteiger partial charge is 0.315 e. The molecule has 1 fully saturated rings. The second-order valence-electron chi connectivity index (χ2n) is 7.02. The van der Waals surface area contributed by atoms with Crippen molar-refractivity contribution >= 4 is 6.03 Å². The van der Waals surface area contributed by atoms with E-state index >= 15 is 0 Å². The first-order chi connectivity index (χ1) is 11.7. The summed E-state index contributed by atoms with van der Waals surface area (Å²) < 4.78 is 5.88. The van der Waals surface area contributed by atoms with Crippen molar-refractivity contribution in [2.75, 3.05) is 13.2 Å². The van der Waals surface area contributed by atoms with Gasteiger partial charge < -0.3 is 15.4 Å². The number of hydrogen-bond acceptors (Lipinski definition) is 2. The minimum Gasteiger partial charge on any atom is -0.378 e. The molecule has 2 rings (SSSR count). The van der Waals surface area contributed by atoms with Gasteiger partial charge in [-0.15, -0.1) is 0 Å². The van der Waals surface area contributed by atoms with Gasteiger partial charge in [0.25, 0.3) is 0 Å². The van der Waals surface area contributed by atoms with E-state index in [1.807, 2.05) is 18.2 Å². The molecule has 0 heterocycles. The Labute approximate surface area is 146 Å². The fourth-order valence-corrected chi connectivity index (χ4v) is 3.24. The number of benzene rings is 1. The highest BCUT2D eigenvalue weighted by Gasteiger charge is 2.18. The molecule has 0 radical (unpaired) electrons. The van der Waals surface area contributed by atoms with Crippen LogP contribution in [0.5, 0.6) is 0 Å². The van der Waals surface area contributed by atoms with Crippen molar-refractivity contribution in [3.05, 3.63) is 35.9 Å². The lowest BCUT2D eigenvalue weighted by molar-refractivity contribution is 0.0275. The van der Waals surface area contributed by atoms with E-state index in [1.165, 1.54) is 32.1 Å². The maximum absolute atomic E-state index is 12.1. The van der Waals surface area contributed by atoms with E-state index in [0.29, 0.717) is 18.6 Å². The lowest BCUT2D eigenvalue weighted by atomic mass is 9.96. The van der Waals surface area contributed by atoms with Crippen LogP contribution in [0.3, 0.4) is 0 Å². The number of carbonyl (C=O) groups excluding carboxylic acids is 1. The summed E-state index contributed by atoms with van der Waals surface area (Å²) in [5.41, 5.74) is 1.14. The van der Waals surface area contributed by atoms with Crippen molar-refractivity contribution in [3.63, 3.8) is 0 Å². The van der Waals surface area contributed by atoms with E-state index in [-0.39, 0.29) is 12.1 Å². The maximum Gasteiger partial charge on any atom is 0.315 e. The summed E-state index contributed by atoms with van der Waals surface area (Å²) in [4.78, 5) is 12.1. The second kappa shape index (κ2) is 10.3. The summed E-state index contributed by atoms with van der Waals surface area (Å²) >= 11 is 0. The van der Waals surface area contributed by atoms with Crippen LogP contribution in [-0.4, -0.2) is 25.3 Å². The zero-order chi connectivity index (χ0) is 17.2. The van der Waals surface area contributed by atoms with Gasteiger partial charge in [-0.2, -0.15) is 0 Å². The Balaban J connectivity index is 1.64. The average Bonchev–Trinajstić information content (AvgIpc) is 2.61. The van der Waals surface area contributed by atoms with E-state index in [0.717, 1.165) is 18.6 Å². The van der Waals surface area contributed by atoms with Gasteiger partial charge in [0, 0.05) is 13.2 Å². The number of ether oxygens (including phenoxy) is 1. The van der Waals surface area contributed by atoms with Crippen LogP contribution in [0.4, 0.5) is 4.79 Å². The highest BCUT2D eigenvalue weighted by Crippen LogP contribution is 2.21. The number of nitrogens with one attached hydrogen (secondary N) is 2. The Morgan fingerprint density at radius 2 is 1.88 bits per heavy atom. The van der Waals surface area contributed by atoms with Gasteiger partial charge in [0.2, 0.25) is 0 Å². The van der Waals surface area contributed by atoms with Crippen molar-refractivity contribution in [2.45, 2.75) is 64.5 Å². The Morgan fingerprint density at radius 1 is 1.17 bits per heavy atom. The predicted molar refractivity (Wildman–Crippen MR) is 98.0 cm³/mol. The molecule has 0 bridgehead atoms. The summed E-state index contributed by atoms with van der Waals surface area (Å²) in [6.45, 7) is 5.63. The van der Waals surface area contributed by atoms with Crippen LogP contribution in [0.15, 0.2) is 30.3 Å². The molecule has 1 aromatic rings.